The number of benzene rings is 2. The van der Waals surface area contributed by atoms with E-state index in [0.29, 0.717) is 17.9 Å². The lowest BCUT2D eigenvalue weighted by Crippen LogP contribution is -2.30. The van der Waals surface area contributed by atoms with Crippen molar-refractivity contribution in [2.75, 3.05) is 6.61 Å². The maximum atomic E-state index is 14.8. The number of carbonyl (C=O) groups is 2. The van der Waals surface area contributed by atoms with Crippen molar-refractivity contribution in [1.82, 2.24) is 4.90 Å². The van der Waals surface area contributed by atoms with Crippen molar-refractivity contribution >= 4 is 29.1 Å². The molecule has 1 aliphatic rings. The Balaban J connectivity index is 1.86. The Bertz CT molecular complexity index is 1250. The van der Waals surface area contributed by atoms with Crippen molar-refractivity contribution in [3.8, 4) is 5.75 Å². The van der Waals surface area contributed by atoms with Crippen molar-refractivity contribution in [2.45, 2.75) is 19.5 Å². The number of nitrogens with zero attached hydrogens (tertiary/aromatic N) is 1. The summed E-state index contributed by atoms with van der Waals surface area (Å²) < 4.78 is 20.2. The van der Waals surface area contributed by atoms with E-state index in [1.807, 2.05) is 0 Å². The van der Waals surface area contributed by atoms with Gasteiger partial charge in [0.15, 0.2) is 12.4 Å². The van der Waals surface area contributed by atoms with Gasteiger partial charge in [0.1, 0.15) is 11.6 Å². The number of aromatic amines is 1. The third kappa shape index (κ3) is 4.32. The van der Waals surface area contributed by atoms with Gasteiger partial charge in [-0.3, -0.25) is 9.59 Å². The van der Waals surface area contributed by atoms with E-state index in [4.69, 9.17) is 16.3 Å². The first-order valence-electron chi connectivity index (χ1n) is 10.3. The monoisotopic (exact) mass is 466 g/mol. The topological polar surface area (TPSA) is 83.8 Å². The third-order valence-corrected chi connectivity index (χ3v) is 5.64. The van der Waals surface area contributed by atoms with Gasteiger partial charge in [0, 0.05) is 22.8 Å². The molecule has 1 N–H and O–H groups in total. The Morgan fingerprint density at radius 3 is 2.64 bits per heavy atom. The summed E-state index contributed by atoms with van der Waals surface area (Å²) in [4.78, 5) is 30.1. The first kappa shape index (κ1) is 22.5. The van der Waals surface area contributed by atoms with Crippen LogP contribution in [0.3, 0.4) is 0 Å². The standard InChI is InChI=1S/C25H20ClFN2O4/c1-2-33-20-10-9-16(12-18(20)26)23(30)21-22(17-7-3-4-8-19(17)27)29(25(32)24(21)31)14-15-6-5-11-28-13-15/h3-13,22,30H,2,14H2,1H3. The highest BCUT2D eigenvalue weighted by Gasteiger charge is 2.45. The highest BCUT2D eigenvalue weighted by atomic mass is 35.5. The Kier molecular flexibility index (Phi) is 6.42. The molecule has 2 aromatic carbocycles. The SMILES string of the molecule is CCOc1ccc(C([O-])=C2C(=O)C(=O)N(Cc3ccc[nH+]c3)C2c2ccccc2F)cc1Cl. The largest absolute Gasteiger partial charge is 0.872 e. The summed E-state index contributed by atoms with van der Waals surface area (Å²) in [6.45, 7) is 2.20. The number of likely N-dealkylation sites (tertiary alicyclic amines) is 1. The summed E-state index contributed by atoms with van der Waals surface area (Å²) in [6, 6.07) is 12.5. The van der Waals surface area contributed by atoms with Crippen LogP contribution in [0.5, 0.6) is 5.75 Å². The van der Waals surface area contributed by atoms with Crippen LogP contribution in [0.25, 0.3) is 5.76 Å². The molecule has 6 nitrogen and oxygen atoms in total. The lowest BCUT2D eigenvalue weighted by Gasteiger charge is -2.27. The molecule has 3 aromatic rings. The molecule has 1 saturated heterocycles. The molecule has 0 radical (unpaired) electrons. The predicted octanol–water partition coefficient (Wildman–Crippen LogP) is 3.12. The van der Waals surface area contributed by atoms with Crippen molar-refractivity contribution in [3.63, 3.8) is 0 Å². The minimum absolute atomic E-state index is 0.0156. The number of carbonyl (C=O) groups excluding carboxylic acids is 2. The van der Waals surface area contributed by atoms with Gasteiger partial charge in [-0.05, 0) is 36.8 Å². The number of halogens is 2. The van der Waals surface area contributed by atoms with E-state index in [0.717, 1.165) is 0 Å². The number of ether oxygens (including phenoxy) is 1. The average molecular weight is 467 g/mol. The fraction of sp³-hybridized carbons (Fsp3) is 0.160. The molecular weight excluding hydrogens is 447 g/mol. The molecule has 8 heteroatoms. The van der Waals surface area contributed by atoms with Gasteiger partial charge >= 0.3 is 0 Å². The van der Waals surface area contributed by atoms with Gasteiger partial charge in [-0.2, -0.15) is 0 Å². The number of hydrogen-bond donors (Lipinski definition) is 0. The average Bonchev–Trinajstić information content (AvgIpc) is 3.06. The lowest BCUT2D eigenvalue weighted by molar-refractivity contribution is -0.378. The Labute approximate surface area is 194 Å². The van der Waals surface area contributed by atoms with Crippen LogP contribution >= 0.6 is 11.6 Å². The molecule has 1 atom stereocenters. The maximum Gasteiger partial charge on any atom is 0.295 e. The Hall–Kier alpha value is -3.71. The molecule has 1 fully saturated rings. The zero-order valence-corrected chi connectivity index (χ0v) is 18.4. The number of ketones is 1. The molecule has 168 valence electrons. The number of H-pyrrole nitrogens is 1. The Morgan fingerprint density at radius 2 is 1.97 bits per heavy atom. The normalized spacial score (nSPS) is 17.4. The molecule has 0 aliphatic carbocycles. The fourth-order valence-electron chi connectivity index (χ4n) is 3.85. The fourth-order valence-corrected chi connectivity index (χ4v) is 4.08. The summed E-state index contributed by atoms with van der Waals surface area (Å²) >= 11 is 6.23. The molecule has 1 unspecified atom stereocenters. The van der Waals surface area contributed by atoms with Gasteiger partial charge in [-0.15, -0.1) is 0 Å². The van der Waals surface area contributed by atoms with Gasteiger partial charge in [0.25, 0.3) is 5.91 Å². The Morgan fingerprint density at radius 1 is 1.18 bits per heavy atom. The number of aromatic nitrogens is 1. The number of nitrogens with one attached hydrogen (secondary N) is 1. The van der Waals surface area contributed by atoms with E-state index in [-0.39, 0.29) is 28.3 Å². The van der Waals surface area contributed by atoms with Crippen LogP contribution < -0.4 is 14.8 Å². The van der Waals surface area contributed by atoms with Crippen LogP contribution in [0.2, 0.25) is 5.02 Å². The number of Topliss-reactive ketones (excluding diaryl/α,β-unsaturated/α-hetero) is 1. The summed E-state index contributed by atoms with van der Waals surface area (Å²) in [5, 5.41) is 13.6. The molecule has 2 heterocycles. The van der Waals surface area contributed by atoms with Crippen molar-refractivity contribution < 1.29 is 28.8 Å². The summed E-state index contributed by atoms with van der Waals surface area (Å²) in [6.07, 6.45) is 3.37. The predicted molar refractivity (Wildman–Crippen MR) is 117 cm³/mol. The second-order valence-electron chi connectivity index (χ2n) is 7.42. The van der Waals surface area contributed by atoms with E-state index in [1.54, 1.807) is 37.5 Å². The quantitative estimate of drug-likeness (QED) is 0.317. The van der Waals surface area contributed by atoms with Crippen LogP contribution in [0, 0.1) is 5.82 Å². The number of rotatable bonds is 6. The molecule has 0 bridgehead atoms. The van der Waals surface area contributed by atoms with Crippen LogP contribution in [0.1, 0.15) is 29.7 Å². The van der Waals surface area contributed by atoms with Crippen LogP contribution in [-0.4, -0.2) is 23.2 Å². The first-order chi connectivity index (χ1) is 15.9. The van der Waals surface area contributed by atoms with Gasteiger partial charge in [-0.1, -0.05) is 41.6 Å². The summed E-state index contributed by atoms with van der Waals surface area (Å²) in [5.41, 5.74) is 0.552. The zero-order chi connectivity index (χ0) is 23.5. The number of hydrogen-bond acceptors (Lipinski definition) is 4. The molecule has 0 saturated carbocycles. The first-order valence-corrected chi connectivity index (χ1v) is 10.7. The molecule has 33 heavy (non-hydrogen) atoms. The smallest absolute Gasteiger partial charge is 0.295 e. The highest BCUT2D eigenvalue weighted by Crippen LogP contribution is 2.41. The van der Waals surface area contributed by atoms with Crippen molar-refractivity contribution in [2.24, 2.45) is 0 Å². The molecule has 4 rings (SSSR count). The van der Waals surface area contributed by atoms with Gasteiger partial charge in [0.05, 0.1) is 24.2 Å². The number of pyridine rings is 1. The summed E-state index contributed by atoms with van der Waals surface area (Å²) in [5.74, 6) is -2.74. The van der Waals surface area contributed by atoms with E-state index in [2.05, 4.69) is 4.98 Å². The zero-order valence-electron chi connectivity index (χ0n) is 17.7. The van der Waals surface area contributed by atoms with Crippen LogP contribution in [0.4, 0.5) is 4.39 Å². The van der Waals surface area contributed by atoms with Crippen molar-refractivity contribution in [1.29, 1.82) is 0 Å². The minimum atomic E-state index is -1.18. The van der Waals surface area contributed by atoms with E-state index >= 15 is 0 Å². The van der Waals surface area contributed by atoms with Crippen molar-refractivity contribution in [3.05, 3.63) is 100 Å². The van der Waals surface area contributed by atoms with E-state index in [9.17, 15) is 19.1 Å². The van der Waals surface area contributed by atoms with E-state index in [1.165, 1.54) is 41.3 Å². The molecular formula is C25H20ClFN2O4. The van der Waals surface area contributed by atoms with E-state index < -0.39 is 29.3 Å². The second-order valence-corrected chi connectivity index (χ2v) is 7.83. The van der Waals surface area contributed by atoms with Gasteiger partial charge in [0.2, 0.25) is 5.78 Å². The molecule has 1 aromatic heterocycles. The summed E-state index contributed by atoms with van der Waals surface area (Å²) in [7, 11) is 0. The molecule has 1 amide bonds. The molecule has 1 aliphatic heterocycles. The second kappa shape index (κ2) is 9.42. The van der Waals surface area contributed by atoms with Crippen LogP contribution in [0.15, 0.2) is 72.6 Å². The maximum absolute atomic E-state index is 14.8. The van der Waals surface area contributed by atoms with Gasteiger partial charge < -0.3 is 14.7 Å². The third-order valence-electron chi connectivity index (χ3n) is 5.35. The number of amides is 1. The highest BCUT2D eigenvalue weighted by molar-refractivity contribution is 6.46. The van der Waals surface area contributed by atoms with Gasteiger partial charge in [-0.25, -0.2) is 9.37 Å². The van der Waals surface area contributed by atoms with Crippen LogP contribution in [-0.2, 0) is 16.1 Å². The lowest BCUT2D eigenvalue weighted by atomic mass is 9.94. The molecule has 0 spiro atoms. The minimum Gasteiger partial charge on any atom is -0.872 e.